The summed E-state index contributed by atoms with van der Waals surface area (Å²) in [5.74, 6) is 0. The quantitative estimate of drug-likeness (QED) is 0.926. The highest BCUT2D eigenvalue weighted by Crippen LogP contribution is 2.31. The summed E-state index contributed by atoms with van der Waals surface area (Å²) in [5, 5.41) is 3.58. The molecule has 21 heavy (non-hydrogen) atoms. The molecule has 110 valence electrons. The highest BCUT2D eigenvalue weighted by atomic mass is 15.2. The molecule has 1 saturated heterocycles. The standard InChI is InChI=1S/C19H24N2/c1-15-14-21(16(2)13-20-15)19(17-9-5-3-6-10-17)18-11-7-4-8-12-18/h3-12,15-16,19-20H,13-14H2,1-2H3. The van der Waals surface area contributed by atoms with Crippen molar-refractivity contribution in [1.82, 2.24) is 10.2 Å². The second-order valence-electron chi connectivity index (χ2n) is 6.08. The number of nitrogens with zero attached hydrogens (tertiary/aromatic N) is 1. The Kier molecular flexibility index (Phi) is 4.37. The van der Waals surface area contributed by atoms with Crippen molar-refractivity contribution in [2.45, 2.75) is 32.0 Å². The van der Waals surface area contributed by atoms with Gasteiger partial charge in [0.2, 0.25) is 0 Å². The van der Waals surface area contributed by atoms with Crippen molar-refractivity contribution in [2.24, 2.45) is 0 Å². The SMILES string of the molecule is CC1CN(C(c2ccccc2)c2ccccc2)C(C)CN1. The number of hydrogen-bond acceptors (Lipinski definition) is 2. The lowest BCUT2D eigenvalue weighted by molar-refractivity contribution is 0.113. The first-order valence-electron chi connectivity index (χ1n) is 7.84. The molecule has 2 heteroatoms. The van der Waals surface area contributed by atoms with Gasteiger partial charge < -0.3 is 5.32 Å². The van der Waals surface area contributed by atoms with Crippen molar-refractivity contribution in [3.8, 4) is 0 Å². The zero-order valence-corrected chi connectivity index (χ0v) is 12.9. The lowest BCUT2D eigenvalue weighted by atomic mass is 9.94. The summed E-state index contributed by atoms with van der Waals surface area (Å²) in [6.45, 7) is 6.72. The normalized spacial score (nSPS) is 23.4. The molecule has 3 rings (SSSR count). The van der Waals surface area contributed by atoms with Crippen molar-refractivity contribution in [1.29, 1.82) is 0 Å². The van der Waals surface area contributed by atoms with Crippen LogP contribution in [-0.4, -0.2) is 30.1 Å². The largest absolute Gasteiger partial charge is 0.311 e. The van der Waals surface area contributed by atoms with E-state index in [1.807, 2.05) is 0 Å². The predicted molar refractivity (Wildman–Crippen MR) is 88.4 cm³/mol. The average molecular weight is 280 g/mol. The Labute approximate surface area is 127 Å². The monoisotopic (exact) mass is 280 g/mol. The van der Waals surface area contributed by atoms with Crippen LogP contribution in [0.3, 0.4) is 0 Å². The van der Waals surface area contributed by atoms with Crippen LogP contribution in [0.1, 0.15) is 31.0 Å². The van der Waals surface area contributed by atoms with Gasteiger partial charge in [-0.1, -0.05) is 60.7 Å². The number of nitrogens with one attached hydrogen (secondary N) is 1. The van der Waals surface area contributed by atoms with Gasteiger partial charge >= 0.3 is 0 Å². The van der Waals surface area contributed by atoms with Crippen LogP contribution in [0.15, 0.2) is 60.7 Å². The molecule has 1 N–H and O–H groups in total. The summed E-state index contributed by atoms with van der Waals surface area (Å²) in [5.41, 5.74) is 2.76. The van der Waals surface area contributed by atoms with E-state index in [1.165, 1.54) is 11.1 Å². The van der Waals surface area contributed by atoms with E-state index >= 15 is 0 Å². The van der Waals surface area contributed by atoms with E-state index in [0.29, 0.717) is 18.1 Å². The van der Waals surface area contributed by atoms with Crippen molar-refractivity contribution >= 4 is 0 Å². The summed E-state index contributed by atoms with van der Waals surface area (Å²) < 4.78 is 0. The first-order chi connectivity index (χ1) is 10.3. The summed E-state index contributed by atoms with van der Waals surface area (Å²) in [6, 6.07) is 23.1. The third-order valence-electron chi connectivity index (χ3n) is 4.37. The fraction of sp³-hybridized carbons (Fsp3) is 0.368. The third kappa shape index (κ3) is 3.17. The topological polar surface area (TPSA) is 15.3 Å². The molecule has 0 radical (unpaired) electrons. The van der Waals surface area contributed by atoms with Crippen LogP contribution in [0.2, 0.25) is 0 Å². The van der Waals surface area contributed by atoms with Gasteiger partial charge in [-0.15, -0.1) is 0 Å². The van der Waals surface area contributed by atoms with Gasteiger partial charge in [0, 0.05) is 25.2 Å². The van der Waals surface area contributed by atoms with E-state index in [2.05, 4.69) is 84.7 Å². The Bertz CT molecular complexity index is 513. The van der Waals surface area contributed by atoms with Crippen molar-refractivity contribution in [3.05, 3.63) is 71.8 Å². The highest BCUT2D eigenvalue weighted by Gasteiger charge is 2.30. The second kappa shape index (κ2) is 6.42. The predicted octanol–water partition coefficient (Wildman–Crippen LogP) is 3.46. The van der Waals surface area contributed by atoms with E-state index in [9.17, 15) is 0 Å². The van der Waals surface area contributed by atoms with Gasteiger partial charge in [0.1, 0.15) is 0 Å². The molecule has 0 spiro atoms. The summed E-state index contributed by atoms with van der Waals surface area (Å²) >= 11 is 0. The van der Waals surface area contributed by atoms with Crippen LogP contribution in [0.25, 0.3) is 0 Å². The van der Waals surface area contributed by atoms with E-state index in [-0.39, 0.29) is 0 Å². The number of hydrogen-bond donors (Lipinski definition) is 1. The molecular formula is C19H24N2. The summed E-state index contributed by atoms with van der Waals surface area (Å²) in [7, 11) is 0. The maximum Gasteiger partial charge on any atom is 0.0605 e. The second-order valence-corrected chi connectivity index (χ2v) is 6.08. The lowest BCUT2D eigenvalue weighted by Crippen LogP contribution is -2.55. The fourth-order valence-corrected chi connectivity index (χ4v) is 3.26. The third-order valence-corrected chi connectivity index (χ3v) is 4.37. The lowest BCUT2D eigenvalue weighted by Gasteiger charge is -2.43. The average Bonchev–Trinajstić information content (AvgIpc) is 2.53. The van der Waals surface area contributed by atoms with E-state index in [1.54, 1.807) is 0 Å². The Morgan fingerprint density at radius 1 is 0.905 bits per heavy atom. The minimum atomic E-state index is 0.340. The Morgan fingerprint density at radius 2 is 1.43 bits per heavy atom. The van der Waals surface area contributed by atoms with E-state index in [0.717, 1.165) is 13.1 Å². The maximum absolute atomic E-state index is 3.58. The van der Waals surface area contributed by atoms with Crippen LogP contribution in [-0.2, 0) is 0 Å². The molecule has 0 aliphatic carbocycles. The molecule has 0 bridgehead atoms. The minimum absolute atomic E-state index is 0.340. The number of piperazine rings is 1. The maximum atomic E-state index is 3.58. The highest BCUT2D eigenvalue weighted by molar-refractivity contribution is 5.32. The molecule has 1 heterocycles. The van der Waals surface area contributed by atoms with Gasteiger partial charge in [-0.05, 0) is 25.0 Å². The van der Waals surface area contributed by atoms with Gasteiger partial charge in [-0.3, -0.25) is 4.90 Å². The minimum Gasteiger partial charge on any atom is -0.311 e. The Morgan fingerprint density at radius 3 is 1.95 bits per heavy atom. The molecule has 2 atom stereocenters. The van der Waals surface area contributed by atoms with Crippen LogP contribution in [0.5, 0.6) is 0 Å². The zero-order chi connectivity index (χ0) is 14.7. The summed E-state index contributed by atoms with van der Waals surface area (Å²) in [4.78, 5) is 2.63. The van der Waals surface area contributed by atoms with E-state index in [4.69, 9.17) is 0 Å². The van der Waals surface area contributed by atoms with Gasteiger partial charge in [-0.25, -0.2) is 0 Å². The summed E-state index contributed by atoms with van der Waals surface area (Å²) in [6.07, 6.45) is 0. The molecule has 1 aliphatic heterocycles. The number of benzene rings is 2. The number of rotatable bonds is 3. The van der Waals surface area contributed by atoms with Crippen LogP contribution >= 0.6 is 0 Å². The Balaban J connectivity index is 2.00. The van der Waals surface area contributed by atoms with Crippen LogP contribution in [0.4, 0.5) is 0 Å². The van der Waals surface area contributed by atoms with Gasteiger partial charge in [-0.2, -0.15) is 0 Å². The molecule has 2 nitrogen and oxygen atoms in total. The smallest absolute Gasteiger partial charge is 0.0605 e. The Hall–Kier alpha value is -1.64. The molecule has 0 saturated carbocycles. The first kappa shape index (κ1) is 14.3. The molecule has 2 aromatic rings. The molecule has 1 aliphatic rings. The van der Waals surface area contributed by atoms with Crippen molar-refractivity contribution < 1.29 is 0 Å². The van der Waals surface area contributed by atoms with E-state index < -0.39 is 0 Å². The van der Waals surface area contributed by atoms with Crippen LogP contribution in [0, 0.1) is 0 Å². The fourth-order valence-electron chi connectivity index (χ4n) is 3.26. The van der Waals surface area contributed by atoms with Gasteiger partial charge in [0.05, 0.1) is 6.04 Å². The molecular weight excluding hydrogens is 256 g/mol. The molecule has 0 aromatic heterocycles. The first-order valence-corrected chi connectivity index (χ1v) is 7.84. The van der Waals surface area contributed by atoms with Crippen molar-refractivity contribution in [3.63, 3.8) is 0 Å². The van der Waals surface area contributed by atoms with Crippen molar-refractivity contribution in [2.75, 3.05) is 13.1 Å². The van der Waals surface area contributed by atoms with Gasteiger partial charge in [0.25, 0.3) is 0 Å². The molecule has 1 fully saturated rings. The molecule has 2 unspecified atom stereocenters. The van der Waals surface area contributed by atoms with Gasteiger partial charge in [0.15, 0.2) is 0 Å². The zero-order valence-electron chi connectivity index (χ0n) is 12.9. The molecule has 2 aromatic carbocycles. The molecule has 0 amide bonds. The van der Waals surface area contributed by atoms with Crippen LogP contribution < -0.4 is 5.32 Å².